The highest BCUT2D eigenvalue weighted by Crippen LogP contribution is 2.35. The molecule has 2 aromatic heterocycles. The zero-order valence-corrected chi connectivity index (χ0v) is 15.9. The number of aryl methyl sites for hydroxylation is 1. The monoisotopic (exact) mass is 387 g/mol. The maximum absolute atomic E-state index is 13.1. The molecule has 1 amide bonds. The Bertz CT molecular complexity index is 1030. The molecule has 1 fully saturated rings. The van der Waals surface area contributed by atoms with Crippen LogP contribution in [0.15, 0.2) is 35.4 Å². The van der Waals surface area contributed by atoms with Crippen molar-refractivity contribution in [1.82, 2.24) is 14.5 Å². The van der Waals surface area contributed by atoms with Crippen molar-refractivity contribution in [3.8, 4) is 11.1 Å². The number of likely N-dealkylation sites (tertiary alicyclic amines) is 1. The van der Waals surface area contributed by atoms with Crippen molar-refractivity contribution in [1.29, 1.82) is 0 Å². The number of thiophene rings is 1. The van der Waals surface area contributed by atoms with Crippen LogP contribution in [0.25, 0.3) is 21.3 Å². The highest BCUT2D eigenvalue weighted by atomic mass is 35.5. The number of halogens is 1. The van der Waals surface area contributed by atoms with E-state index < -0.39 is 0 Å². The van der Waals surface area contributed by atoms with Gasteiger partial charge in [0.05, 0.1) is 11.7 Å². The van der Waals surface area contributed by atoms with Crippen LogP contribution in [0.3, 0.4) is 0 Å². The molecule has 0 N–H and O–H groups in total. The molecule has 0 atom stereocenters. The molecule has 7 heteroatoms. The summed E-state index contributed by atoms with van der Waals surface area (Å²) in [6.07, 6.45) is 3.55. The number of aromatic nitrogens is 2. The van der Waals surface area contributed by atoms with Crippen LogP contribution in [-0.4, -0.2) is 33.4 Å². The Morgan fingerprint density at radius 2 is 1.92 bits per heavy atom. The summed E-state index contributed by atoms with van der Waals surface area (Å²) in [6, 6.07) is 7.43. The number of carbonyl (C=O) groups is 1. The van der Waals surface area contributed by atoms with Crippen LogP contribution in [-0.2, 0) is 11.3 Å². The summed E-state index contributed by atoms with van der Waals surface area (Å²) in [4.78, 5) is 33.5. The lowest BCUT2D eigenvalue weighted by molar-refractivity contribution is -0.130. The van der Waals surface area contributed by atoms with Crippen LogP contribution in [0.2, 0.25) is 5.02 Å². The van der Waals surface area contributed by atoms with Crippen LogP contribution >= 0.6 is 22.9 Å². The van der Waals surface area contributed by atoms with Crippen molar-refractivity contribution in [2.45, 2.75) is 26.3 Å². The normalized spacial score (nSPS) is 14.3. The Hall–Kier alpha value is -2.18. The maximum Gasteiger partial charge on any atom is 0.263 e. The first-order valence-corrected chi connectivity index (χ1v) is 9.76. The number of fused-ring (bicyclic) bond motifs is 1. The van der Waals surface area contributed by atoms with E-state index in [-0.39, 0.29) is 18.0 Å². The van der Waals surface area contributed by atoms with Crippen molar-refractivity contribution < 1.29 is 4.79 Å². The summed E-state index contributed by atoms with van der Waals surface area (Å²) in [5.41, 5.74) is 1.64. The minimum atomic E-state index is -0.170. The van der Waals surface area contributed by atoms with Gasteiger partial charge in [-0.25, -0.2) is 4.98 Å². The van der Waals surface area contributed by atoms with Crippen molar-refractivity contribution in [2.24, 2.45) is 0 Å². The molecule has 1 aliphatic heterocycles. The number of hydrogen-bond donors (Lipinski definition) is 0. The van der Waals surface area contributed by atoms with Crippen molar-refractivity contribution in [3.63, 3.8) is 0 Å². The zero-order chi connectivity index (χ0) is 18.3. The second-order valence-electron chi connectivity index (χ2n) is 6.49. The van der Waals surface area contributed by atoms with E-state index in [9.17, 15) is 9.59 Å². The number of hydrogen-bond acceptors (Lipinski definition) is 4. The van der Waals surface area contributed by atoms with Gasteiger partial charge in [0.25, 0.3) is 5.56 Å². The first-order valence-electron chi connectivity index (χ1n) is 8.57. The average Bonchev–Trinajstić information content (AvgIpc) is 3.26. The molecule has 1 aromatic carbocycles. The minimum absolute atomic E-state index is 0.0225. The molecule has 0 radical (unpaired) electrons. The smallest absolute Gasteiger partial charge is 0.263 e. The minimum Gasteiger partial charge on any atom is -0.341 e. The quantitative estimate of drug-likeness (QED) is 0.688. The van der Waals surface area contributed by atoms with Gasteiger partial charge in [-0.2, -0.15) is 0 Å². The lowest BCUT2D eigenvalue weighted by atomic mass is 10.0. The van der Waals surface area contributed by atoms with Gasteiger partial charge in [0, 0.05) is 28.6 Å². The predicted molar refractivity (Wildman–Crippen MR) is 105 cm³/mol. The van der Waals surface area contributed by atoms with Gasteiger partial charge in [0.1, 0.15) is 11.4 Å². The third-order valence-electron chi connectivity index (χ3n) is 4.75. The molecule has 3 aromatic rings. The van der Waals surface area contributed by atoms with E-state index in [4.69, 9.17) is 11.6 Å². The predicted octanol–water partition coefficient (Wildman–Crippen LogP) is 3.71. The average molecular weight is 388 g/mol. The molecule has 26 heavy (non-hydrogen) atoms. The molecule has 4 rings (SSSR count). The molecule has 0 bridgehead atoms. The van der Waals surface area contributed by atoms with Crippen LogP contribution in [0.4, 0.5) is 0 Å². The topological polar surface area (TPSA) is 55.2 Å². The molecule has 0 saturated carbocycles. The molecule has 0 aliphatic carbocycles. The summed E-state index contributed by atoms with van der Waals surface area (Å²) in [7, 11) is 0. The van der Waals surface area contributed by atoms with Gasteiger partial charge in [0.15, 0.2) is 0 Å². The van der Waals surface area contributed by atoms with E-state index >= 15 is 0 Å². The van der Waals surface area contributed by atoms with Gasteiger partial charge < -0.3 is 4.90 Å². The van der Waals surface area contributed by atoms with E-state index in [1.54, 1.807) is 0 Å². The van der Waals surface area contributed by atoms with E-state index in [1.807, 2.05) is 36.1 Å². The number of carbonyl (C=O) groups excluding carboxylic acids is 1. The van der Waals surface area contributed by atoms with Gasteiger partial charge in [-0.05, 0) is 37.5 Å². The Morgan fingerprint density at radius 3 is 2.62 bits per heavy atom. The van der Waals surface area contributed by atoms with Crippen molar-refractivity contribution in [2.75, 3.05) is 13.1 Å². The third-order valence-corrected chi connectivity index (χ3v) is 6.02. The fourth-order valence-electron chi connectivity index (χ4n) is 3.43. The Morgan fingerprint density at radius 1 is 1.23 bits per heavy atom. The molecule has 0 spiro atoms. The summed E-state index contributed by atoms with van der Waals surface area (Å²) in [5, 5.41) is 1.23. The SMILES string of the molecule is Cc1sc2ncn(CC(=O)N3CCCC3)c(=O)c2c1-c1ccc(Cl)cc1. The molecule has 134 valence electrons. The van der Waals surface area contributed by atoms with E-state index in [0.717, 1.165) is 41.9 Å². The van der Waals surface area contributed by atoms with Crippen LogP contribution in [0.1, 0.15) is 17.7 Å². The molecule has 0 unspecified atom stereocenters. The lowest BCUT2D eigenvalue weighted by Gasteiger charge is -2.15. The maximum atomic E-state index is 13.1. The van der Waals surface area contributed by atoms with E-state index in [0.29, 0.717) is 15.2 Å². The second kappa shape index (κ2) is 6.85. The molecule has 1 saturated heterocycles. The summed E-state index contributed by atoms with van der Waals surface area (Å²) in [5.74, 6) is -0.0225. The lowest BCUT2D eigenvalue weighted by Crippen LogP contribution is -2.34. The summed E-state index contributed by atoms with van der Waals surface area (Å²) >= 11 is 7.48. The molecule has 5 nitrogen and oxygen atoms in total. The van der Waals surface area contributed by atoms with Crippen LogP contribution < -0.4 is 5.56 Å². The van der Waals surface area contributed by atoms with Gasteiger partial charge in [0.2, 0.25) is 5.91 Å². The van der Waals surface area contributed by atoms with Crippen molar-refractivity contribution >= 4 is 39.1 Å². The third kappa shape index (κ3) is 3.04. The fourth-order valence-corrected chi connectivity index (χ4v) is 4.56. The second-order valence-corrected chi connectivity index (χ2v) is 8.13. The number of rotatable bonds is 3. The number of amides is 1. The zero-order valence-electron chi connectivity index (χ0n) is 14.4. The molecule has 1 aliphatic rings. The molecule has 3 heterocycles. The highest BCUT2D eigenvalue weighted by Gasteiger charge is 2.21. The van der Waals surface area contributed by atoms with Crippen LogP contribution in [0, 0.1) is 6.92 Å². The van der Waals surface area contributed by atoms with Gasteiger partial charge in [-0.1, -0.05) is 23.7 Å². The van der Waals surface area contributed by atoms with Crippen molar-refractivity contribution in [3.05, 3.63) is 50.8 Å². The van der Waals surface area contributed by atoms with Gasteiger partial charge >= 0.3 is 0 Å². The fraction of sp³-hybridized carbons (Fsp3) is 0.316. The Balaban J connectivity index is 1.79. The molecular weight excluding hydrogens is 370 g/mol. The van der Waals surface area contributed by atoms with E-state index in [2.05, 4.69) is 4.98 Å². The number of nitrogens with zero attached hydrogens (tertiary/aromatic N) is 3. The highest BCUT2D eigenvalue weighted by molar-refractivity contribution is 7.19. The Kier molecular flexibility index (Phi) is 4.54. The van der Waals surface area contributed by atoms with Crippen LogP contribution in [0.5, 0.6) is 0 Å². The Labute approximate surface area is 159 Å². The summed E-state index contributed by atoms with van der Waals surface area (Å²) in [6.45, 7) is 3.57. The standard InChI is InChI=1S/C19H18ClN3O2S/c1-12-16(13-4-6-14(20)7-5-13)17-18(26-12)21-11-23(19(17)25)10-15(24)22-8-2-3-9-22/h4-7,11H,2-3,8-10H2,1H3. The first-order chi connectivity index (χ1) is 12.5. The molecular formula is C19H18ClN3O2S. The summed E-state index contributed by atoms with van der Waals surface area (Å²) < 4.78 is 1.43. The largest absolute Gasteiger partial charge is 0.341 e. The van der Waals surface area contributed by atoms with Gasteiger partial charge in [-0.15, -0.1) is 11.3 Å². The van der Waals surface area contributed by atoms with E-state index in [1.165, 1.54) is 22.2 Å². The number of benzene rings is 1. The van der Waals surface area contributed by atoms with Gasteiger partial charge in [-0.3, -0.25) is 14.2 Å². The first kappa shape index (κ1) is 17.2.